The van der Waals surface area contributed by atoms with E-state index in [0.29, 0.717) is 0 Å². The summed E-state index contributed by atoms with van der Waals surface area (Å²) in [5.74, 6) is 0. The van der Waals surface area contributed by atoms with Gasteiger partial charge in [-0.3, -0.25) is 0 Å². The molecule has 0 fully saturated rings. The second-order valence-corrected chi connectivity index (χ2v) is 4.96. The zero-order valence-corrected chi connectivity index (χ0v) is 10.4. The lowest BCUT2D eigenvalue weighted by Gasteiger charge is -2.00. The molecule has 5 heteroatoms. The van der Waals surface area contributed by atoms with E-state index in [-0.39, 0.29) is 0 Å². The maximum absolute atomic E-state index is 4.00. The molecule has 0 saturated carbocycles. The molecule has 0 saturated heterocycles. The van der Waals surface area contributed by atoms with Crippen LogP contribution in [0, 0.1) is 0 Å². The zero-order chi connectivity index (χ0) is 10.5. The van der Waals surface area contributed by atoms with E-state index < -0.39 is 0 Å². The van der Waals surface area contributed by atoms with Gasteiger partial charge >= 0.3 is 0 Å². The topological polar surface area (TPSA) is 37.8 Å². The highest BCUT2D eigenvalue weighted by atomic mass is 79.9. The Labute approximate surface area is 101 Å². The first-order chi connectivity index (χ1) is 7.34. The molecule has 0 spiro atoms. The minimum atomic E-state index is 0.753. The number of rotatable bonds is 4. The van der Waals surface area contributed by atoms with Crippen LogP contribution < -0.4 is 5.32 Å². The Morgan fingerprint density at radius 3 is 3.00 bits per heavy atom. The minimum Gasteiger partial charge on any atom is -0.306 e. The Bertz CT molecular complexity index is 416. The van der Waals surface area contributed by atoms with Crippen LogP contribution >= 0.6 is 27.3 Å². The number of nitrogens with zero attached hydrogens (tertiary/aromatic N) is 2. The average Bonchev–Trinajstić information content (AvgIpc) is 2.66. The Hall–Kier alpha value is -0.780. The van der Waals surface area contributed by atoms with Gasteiger partial charge in [-0.1, -0.05) is 0 Å². The van der Waals surface area contributed by atoms with Gasteiger partial charge < -0.3 is 5.32 Å². The van der Waals surface area contributed by atoms with Crippen molar-refractivity contribution in [2.45, 2.75) is 13.1 Å². The van der Waals surface area contributed by atoms with Crippen molar-refractivity contribution >= 4 is 27.3 Å². The number of aromatic nitrogens is 2. The molecule has 2 aromatic rings. The van der Waals surface area contributed by atoms with Gasteiger partial charge in [-0.05, 0) is 34.1 Å². The summed E-state index contributed by atoms with van der Waals surface area (Å²) in [4.78, 5) is 1.31. The number of thiophene rings is 1. The van der Waals surface area contributed by atoms with Crippen molar-refractivity contribution in [1.29, 1.82) is 0 Å². The van der Waals surface area contributed by atoms with E-state index in [2.05, 4.69) is 42.9 Å². The molecule has 15 heavy (non-hydrogen) atoms. The van der Waals surface area contributed by atoms with Crippen LogP contribution in [-0.4, -0.2) is 10.2 Å². The molecular formula is C10H10BrN3S. The highest BCUT2D eigenvalue weighted by Gasteiger charge is 1.97. The van der Waals surface area contributed by atoms with Crippen molar-refractivity contribution in [3.63, 3.8) is 0 Å². The van der Waals surface area contributed by atoms with Crippen LogP contribution in [0.2, 0.25) is 0 Å². The van der Waals surface area contributed by atoms with Gasteiger partial charge in [-0.2, -0.15) is 10.2 Å². The van der Waals surface area contributed by atoms with E-state index in [1.165, 1.54) is 4.88 Å². The molecule has 0 amide bonds. The van der Waals surface area contributed by atoms with Crippen molar-refractivity contribution in [2.75, 3.05) is 0 Å². The monoisotopic (exact) mass is 283 g/mol. The molecule has 0 aliphatic carbocycles. The first-order valence-electron chi connectivity index (χ1n) is 4.55. The van der Waals surface area contributed by atoms with E-state index in [1.54, 1.807) is 17.5 Å². The highest BCUT2D eigenvalue weighted by molar-refractivity contribution is 9.10. The lowest BCUT2D eigenvalue weighted by atomic mass is 10.4. The largest absolute Gasteiger partial charge is 0.306 e. The highest BCUT2D eigenvalue weighted by Crippen LogP contribution is 2.19. The maximum atomic E-state index is 4.00. The molecule has 0 unspecified atom stereocenters. The fourth-order valence-corrected chi connectivity index (χ4v) is 2.61. The summed E-state index contributed by atoms with van der Waals surface area (Å²) in [5, 5.41) is 13.2. The number of hydrogen-bond acceptors (Lipinski definition) is 4. The van der Waals surface area contributed by atoms with E-state index in [9.17, 15) is 0 Å². The van der Waals surface area contributed by atoms with Crippen LogP contribution in [0.5, 0.6) is 0 Å². The van der Waals surface area contributed by atoms with Gasteiger partial charge in [0.15, 0.2) is 0 Å². The van der Waals surface area contributed by atoms with Crippen LogP contribution in [0.15, 0.2) is 34.2 Å². The Morgan fingerprint density at radius 2 is 2.33 bits per heavy atom. The first-order valence-corrected chi connectivity index (χ1v) is 6.22. The summed E-state index contributed by atoms with van der Waals surface area (Å²) in [6, 6.07) is 5.98. The maximum Gasteiger partial charge on any atom is 0.0769 e. The van der Waals surface area contributed by atoms with Gasteiger partial charge in [0.25, 0.3) is 0 Å². The fourth-order valence-electron chi connectivity index (χ4n) is 1.19. The van der Waals surface area contributed by atoms with Crippen LogP contribution in [0.1, 0.15) is 10.6 Å². The summed E-state index contributed by atoms with van der Waals surface area (Å²) >= 11 is 5.17. The Morgan fingerprint density at radius 1 is 1.40 bits per heavy atom. The quantitative estimate of drug-likeness (QED) is 0.937. The summed E-state index contributed by atoms with van der Waals surface area (Å²) < 4.78 is 1.14. The number of nitrogens with one attached hydrogen (secondary N) is 1. The molecule has 0 atom stereocenters. The average molecular weight is 284 g/mol. The van der Waals surface area contributed by atoms with Crippen LogP contribution in [0.4, 0.5) is 0 Å². The third-order valence-corrected chi connectivity index (χ3v) is 3.55. The third-order valence-electron chi connectivity index (χ3n) is 1.85. The fraction of sp³-hybridized carbons (Fsp3) is 0.200. The van der Waals surface area contributed by atoms with Gasteiger partial charge in [0.1, 0.15) is 0 Å². The number of halogens is 1. The third kappa shape index (κ3) is 3.37. The van der Waals surface area contributed by atoms with Crippen LogP contribution in [-0.2, 0) is 13.1 Å². The predicted molar refractivity (Wildman–Crippen MR) is 64.6 cm³/mol. The van der Waals surface area contributed by atoms with E-state index >= 15 is 0 Å². The number of hydrogen-bond donors (Lipinski definition) is 1. The van der Waals surface area contributed by atoms with Crippen LogP contribution in [0.3, 0.4) is 0 Å². The molecule has 78 valence electrons. The summed E-state index contributed by atoms with van der Waals surface area (Å²) in [7, 11) is 0. The first kappa shape index (κ1) is 10.7. The van der Waals surface area contributed by atoms with Gasteiger partial charge in [-0.25, -0.2) is 0 Å². The van der Waals surface area contributed by atoms with E-state index in [1.807, 2.05) is 12.1 Å². The van der Waals surface area contributed by atoms with Gasteiger partial charge in [0.05, 0.1) is 5.69 Å². The molecular weight excluding hydrogens is 274 g/mol. The zero-order valence-electron chi connectivity index (χ0n) is 7.98. The second kappa shape index (κ2) is 5.34. The predicted octanol–water partition coefficient (Wildman–Crippen LogP) is 2.59. The summed E-state index contributed by atoms with van der Waals surface area (Å²) in [6.07, 6.45) is 1.68. The molecule has 0 radical (unpaired) electrons. The standard InChI is InChI=1S/C10H10BrN3S/c11-8-4-10(15-7-8)6-12-5-9-2-1-3-13-14-9/h1-4,7,12H,5-6H2. The normalized spacial score (nSPS) is 10.5. The summed E-state index contributed by atoms with van der Waals surface area (Å²) in [5.41, 5.74) is 0.966. The Kier molecular flexibility index (Phi) is 3.82. The van der Waals surface area contributed by atoms with Gasteiger partial charge in [-0.15, -0.1) is 11.3 Å². The van der Waals surface area contributed by atoms with Gasteiger partial charge in [0.2, 0.25) is 0 Å². The molecule has 0 aliphatic rings. The molecule has 3 nitrogen and oxygen atoms in total. The molecule has 0 aliphatic heterocycles. The van der Waals surface area contributed by atoms with E-state index in [4.69, 9.17) is 0 Å². The molecule has 0 bridgehead atoms. The van der Waals surface area contributed by atoms with E-state index in [0.717, 1.165) is 23.3 Å². The summed E-state index contributed by atoms with van der Waals surface area (Å²) in [6.45, 7) is 1.62. The molecule has 2 aromatic heterocycles. The lowest BCUT2D eigenvalue weighted by Crippen LogP contribution is -2.12. The van der Waals surface area contributed by atoms with Crippen molar-refractivity contribution in [3.8, 4) is 0 Å². The van der Waals surface area contributed by atoms with Gasteiger partial charge in [0, 0.05) is 34.0 Å². The Balaban J connectivity index is 1.80. The molecule has 2 heterocycles. The minimum absolute atomic E-state index is 0.753. The molecule has 2 rings (SSSR count). The lowest BCUT2D eigenvalue weighted by molar-refractivity contribution is 0.676. The SMILES string of the molecule is Brc1csc(CNCc2cccnn2)c1. The second-order valence-electron chi connectivity index (χ2n) is 3.05. The van der Waals surface area contributed by atoms with Crippen molar-refractivity contribution in [3.05, 3.63) is 44.8 Å². The van der Waals surface area contributed by atoms with Crippen molar-refractivity contribution in [2.24, 2.45) is 0 Å². The van der Waals surface area contributed by atoms with Crippen LogP contribution in [0.25, 0.3) is 0 Å². The van der Waals surface area contributed by atoms with Crippen molar-refractivity contribution in [1.82, 2.24) is 15.5 Å². The smallest absolute Gasteiger partial charge is 0.0769 e. The molecule has 1 N–H and O–H groups in total. The molecule has 0 aromatic carbocycles. The van der Waals surface area contributed by atoms with Crippen molar-refractivity contribution < 1.29 is 0 Å².